The van der Waals surface area contributed by atoms with E-state index in [-0.39, 0.29) is 16.8 Å². The van der Waals surface area contributed by atoms with E-state index < -0.39 is 42.0 Å². The number of aliphatic carboxylic acids is 4. The molecule has 0 aliphatic carbocycles. The summed E-state index contributed by atoms with van der Waals surface area (Å²) in [6.07, 6.45) is 1.63. The molecule has 2 fully saturated rings. The van der Waals surface area contributed by atoms with Crippen LogP contribution in [0.5, 0.6) is 0 Å². The molecule has 0 radical (unpaired) electrons. The molecule has 304 valence electrons. The molecular weight excluding hydrogens is 817 g/mol. The third-order valence-corrected chi connectivity index (χ3v) is 13.4. The molecule has 0 saturated carbocycles. The van der Waals surface area contributed by atoms with Gasteiger partial charge in [-0.2, -0.15) is 0 Å². The van der Waals surface area contributed by atoms with Gasteiger partial charge in [0.15, 0.2) is 12.1 Å². The zero-order valence-electron chi connectivity index (χ0n) is 31.2. The third-order valence-electron chi connectivity index (χ3n) is 8.74. The maximum absolute atomic E-state index is 10.7. The Labute approximate surface area is 353 Å². The fraction of sp³-hybridized carbons (Fsp3) is 0.286. The minimum atomic E-state index is -0.844. The van der Waals surface area contributed by atoms with Crippen LogP contribution in [-0.2, 0) is 32.0 Å². The van der Waals surface area contributed by atoms with Crippen molar-refractivity contribution in [2.24, 2.45) is 9.98 Å². The highest BCUT2D eigenvalue weighted by Crippen LogP contribution is 2.32. The molecular formula is C42H44N4O8S4. The van der Waals surface area contributed by atoms with Gasteiger partial charge in [-0.25, -0.2) is 9.59 Å². The van der Waals surface area contributed by atoms with Crippen molar-refractivity contribution in [2.45, 2.75) is 47.8 Å². The monoisotopic (exact) mass is 860 g/mol. The van der Waals surface area contributed by atoms with E-state index in [0.29, 0.717) is 23.0 Å². The van der Waals surface area contributed by atoms with Gasteiger partial charge >= 0.3 is 23.9 Å². The summed E-state index contributed by atoms with van der Waals surface area (Å²) in [6, 6.07) is 37.7. The zero-order valence-corrected chi connectivity index (χ0v) is 34.5. The first-order chi connectivity index (χ1) is 28.0. The second-order valence-electron chi connectivity index (χ2n) is 13.1. The van der Waals surface area contributed by atoms with Crippen molar-refractivity contribution in [3.8, 4) is 0 Å². The van der Waals surface area contributed by atoms with E-state index in [2.05, 4.69) is 32.8 Å². The Balaban J connectivity index is 0.000000147. The van der Waals surface area contributed by atoms with Crippen molar-refractivity contribution < 1.29 is 39.6 Å². The van der Waals surface area contributed by atoms with Gasteiger partial charge in [0.2, 0.25) is 0 Å². The molecule has 0 amide bonds. The Morgan fingerprint density at radius 3 is 1.57 bits per heavy atom. The first kappa shape index (κ1) is 44.5. The van der Waals surface area contributed by atoms with E-state index in [1.807, 2.05) is 109 Å². The van der Waals surface area contributed by atoms with E-state index >= 15 is 0 Å². The van der Waals surface area contributed by atoms with Crippen molar-refractivity contribution in [2.75, 3.05) is 23.0 Å². The number of nitrogens with zero attached hydrogens (tertiary/aromatic N) is 2. The topological polar surface area (TPSA) is 198 Å². The normalized spacial score (nSPS) is 23.0. The SMILES string of the molecule is O=C(O)[C@H]1CSC(Cc2ccccc2)=N1.O=C(O)[C@H]1CSC(Cc2ccccc2)N1.O=C(O)[C@H]1CSC(c2ccccc2)=N1.O=C(O)[C@H]1CSC(c2ccccc2)N1. The molecule has 4 aromatic carbocycles. The van der Waals surface area contributed by atoms with Crippen molar-refractivity contribution in [1.82, 2.24) is 10.6 Å². The molecule has 4 aliphatic heterocycles. The Hall–Kier alpha value is -4.58. The molecule has 8 rings (SSSR count). The summed E-state index contributed by atoms with van der Waals surface area (Å²) in [5, 5.41) is 43.4. The fourth-order valence-electron chi connectivity index (χ4n) is 5.71. The van der Waals surface area contributed by atoms with Gasteiger partial charge in [-0.1, -0.05) is 121 Å². The minimum absolute atomic E-state index is 0.123. The van der Waals surface area contributed by atoms with Gasteiger partial charge in [0.05, 0.1) is 20.8 Å². The smallest absolute Gasteiger partial charge is 0.329 e. The van der Waals surface area contributed by atoms with E-state index in [9.17, 15) is 19.2 Å². The van der Waals surface area contributed by atoms with Gasteiger partial charge in [-0.3, -0.25) is 30.2 Å². The Morgan fingerprint density at radius 1 is 0.552 bits per heavy atom. The van der Waals surface area contributed by atoms with Crippen molar-refractivity contribution in [3.05, 3.63) is 144 Å². The zero-order chi connectivity index (χ0) is 41.3. The van der Waals surface area contributed by atoms with Crippen LogP contribution in [0.4, 0.5) is 0 Å². The van der Waals surface area contributed by atoms with Crippen LogP contribution in [-0.4, -0.2) is 107 Å². The van der Waals surface area contributed by atoms with Crippen LogP contribution < -0.4 is 10.6 Å². The average Bonchev–Trinajstić information content (AvgIpc) is 4.08. The quantitative estimate of drug-likeness (QED) is 0.104. The molecule has 6 atom stereocenters. The standard InChI is InChI=1S/C11H13NO2S.C11H11NO2S.C10H11NO2S.C10H9NO2S/c2*13-11(14)9-7-15-10(12-9)6-8-4-2-1-3-5-8;2*12-10(13)8-6-14-9(11-8)7-4-2-1-3-5-7/h1-5,9-10,12H,6-7H2,(H,13,14);1-5,9H,6-7H2,(H,13,14);1-5,8-9,11H,6H2,(H,12,13);1-5,8H,6H2,(H,12,13)/t9-,10?;9-;8-,9?;8-/m1111/s1. The Morgan fingerprint density at radius 2 is 1.05 bits per heavy atom. The van der Waals surface area contributed by atoms with Gasteiger partial charge in [-0.05, 0) is 23.1 Å². The predicted molar refractivity (Wildman–Crippen MR) is 235 cm³/mol. The van der Waals surface area contributed by atoms with Crippen LogP contribution >= 0.6 is 47.0 Å². The number of nitrogens with one attached hydrogen (secondary N) is 2. The molecule has 0 spiro atoms. The molecule has 6 N–H and O–H groups in total. The highest BCUT2D eigenvalue weighted by Gasteiger charge is 2.31. The van der Waals surface area contributed by atoms with Crippen molar-refractivity contribution in [1.29, 1.82) is 0 Å². The number of carboxylic acids is 4. The lowest BCUT2D eigenvalue weighted by molar-refractivity contribution is -0.139. The van der Waals surface area contributed by atoms with Crippen LogP contribution in [0.3, 0.4) is 0 Å². The first-order valence-electron chi connectivity index (χ1n) is 18.3. The highest BCUT2D eigenvalue weighted by atomic mass is 32.2. The molecule has 0 aromatic heterocycles. The third kappa shape index (κ3) is 14.4. The predicted octanol–water partition coefficient (Wildman–Crippen LogP) is 6.28. The molecule has 2 saturated heterocycles. The molecule has 2 unspecified atom stereocenters. The Bertz CT molecular complexity index is 2010. The number of benzene rings is 4. The lowest BCUT2D eigenvalue weighted by Gasteiger charge is -2.10. The summed E-state index contributed by atoms with van der Waals surface area (Å²) in [4.78, 5) is 51.1. The molecule has 4 aromatic rings. The number of rotatable bonds is 10. The summed E-state index contributed by atoms with van der Waals surface area (Å²) in [5.41, 5.74) is 4.56. The lowest BCUT2D eigenvalue weighted by atomic mass is 10.1. The summed E-state index contributed by atoms with van der Waals surface area (Å²) in [7, 11) is 0. The van der Waals surface area contributed by atoms with E-state index in [4.69, 9.17) is 20.4 Å². The minimum Gasteiger partial charge on any atom is -0.480 e. The van der Waals surface area contributed by atoms with E-state index in [1.165, 1.54) is 22.9 Å². The summed E-state index contributed by atoms with van der Waals surface area (Å²) in [6.45, 7) is 0. The van der Waals surface area contributed by atoms with Crippen molar-refractivity contribution in [3.63, 3.8) is 0 Å². The van der Waals surface area contributed by atoms with Crippen LogP contribution in [0.25, 0.3) is 0 Å². The number of hydrogen-bond acceptors (Lipinski definition) is 12. The average molecular weight is 861 g/mol. The summed E-state index contributed by atoms with van der Waals surface area (Å²) in [5.74, 6) is -0.790. The van der Waals surface area contributed by atoms with Crippen LogP contribution in [0.15, 0.2) is 131 Å². The molecule has 58 heavy (non-hydrogen) atoms. The summed E-state index contributed by atoms with van der Waals surface area (Å²) < 4.78 is 0. The first-order valence-corrected chi connectivity index (χ1v) is 22.4. The molecule has 0 bridgehead atoms. The highest BCUT2D eigenvalue weighted by molar-refractivity contribution is 8.14. The maximum atomic E-state index is 10.7. The number of aliphatic imine (C=N–C) groups is 2. The maximum Gasteiger partial charge on any atom is 0.329 e. The van der Waals surface area contributed by atoms with E-state index in [0.717, 1.165) is 34.1 Å². The van der Waals surface area contributed by atoms with Crippen LogP contribution in [0, 0.1) is 0 Å². The number of thioether (sulfide) groups is 4. The summed E-state index contributed by atoms with van der Waals surface area (Å²) >= 11 is 6.37. The molecule has 4 heterocycles. The molecule has 4 aliphatic rings. The number of carbonyl (C=O) groups is 4. The van der Waals surface area contributed by atoms with Crippen molar-refractivity contribution >= 4 is 81.0 Å². The largest absolute Gasteiger partial charge is 0.480 e. The van der Waals surface area contributed by atoms with Crippen LogP contribution in [0.1, 0.15) is 27.6 Å². The van der Waals surface area contributed by atoms with Gasteiger partial charge in [-0.15, -0.1) is 47.0 Å². The van der Waals surface area contributed by atoms with Gasteiger partial charge in [0, 0.05) is 35.0 Å². The van der Waals surface area contributed by atoms with E-state index in [1.54, 1.807) is 35.3 Å². The van der Waals surface area contributed by atoms with Gasteiger partial charge in [0.1, 0.15) is 12.1 Å². The molecule has 16 heteroatoms. The lowest BCUT2D eigenvalue weighted by Crippen LogP contribution is -2.37. The Kier molecular flexibility index (Phi) is 17.8. The fourth-order valence-corrected chi connectivity index (χ4v) is 10.3. The second-order valence-corrected chi connectivity index (χ2v) is 17.5. The van der Waals surface area contributed by atoms with Gasteiger partial charge in [0.25, 0.3) is 0 Å². The molecule has 12 nitrogen and oxygen atoms in total. The second kappa shape index (κ2) is 23.1. The number of carboxylic acid groups (broad SMARTS) is 4. The van der Waals surface area contributed by atoms with Crippen LogP contribution in [0.2, 0.25) is 0 Å². The number of hydrogen-bond donors (Lipinski definition) is 6. The van der Waals surface area contributed by atoms with Gasteiger partial charge < -0.3 is 20.4 Å².